The topological polar surface area (TPSA) is 101 Å². The third-order valence-electron chi connectivity index (χ3n) is 8.32. The van der Waals surface area contributed by atoms with Crippen LogP contribution in [0.3, 0.4) is 0 Å². The van der Waals surface area contributed by atoms with Crippen molar-refractivity contribution in [3.05, 3.63) is 59.1 Å². The van der Waals surface area contributed by atoms with E-state index in [-0.39, 0.29) is 18.9 Å². The molecule has 0 amide bonds. The Morgan fingerprint density at radius 3 is 2.77 bits per heavy atom. The minimum absolute atomic E-state index is 0. The van der Waals surface area contributed by atoms with E-state index in [2.05, 4.69) is 25.9 Å². The Hall–Kier alpha value is -3.33. The van der Waals surface area contributed by atoms with Crippen LogP contribution in [0.2, 0.25) is 0 Å². The van der Waals surface area contributed by atoms with Crippen molar-refractivity contribution in [3.63, 3.8) is 0 Å². The Kier molecular flexibility index (Phi) is 5.14. The highest BCUT2D eigenvalue weighted by atomic mass is 15.3. The Morgan fingerprint density at radius 1 is 1.09 bits per heavy atom. The second-order valence-corrected chi connectivity index (χ2v) is 10.1. The lowest BCUT2D eigenvalue weighted by molar-refractivity contribution is 0.184. The number of hydrogen-bond acceptors (Lipinski definition) is 8. The highest BCUT2D eigenvalue weighted by molar-refractivity contribution is 6.11. The number of amidine groups is 1. The summed E-state index contributed by atoms with van der Waals surface area (Å²) in [6, 6.07) is 4.20. The van der Waals surface area contributed by atoms with Crippen LogP contribution in [-0.2, 0) is 26.4 Å². The van der Waals surface area contributed by atoms with E-state index in [0.717, 1.165) is 86.2 Å². The molecule has 35 heavy (non-hydrogen) atoms. The van der Waals surface area contributed by atoms with Crippen molar-refractivity contribution in [2.75, 3.05) is 29.4 Å². The maximum absolute atomic E-state index is 6.72. The number of aryl methyl sites for hydroxylation is 2. The lowest BCUT2D eigenvalue weighted by Crippen LogP contribution is -2.45. The van der Waals surface area contributed by atoms with Gasteiger partial charge in [0.05, 0.1) is 36.0 Å². The summed E-state index contributed by atoms with van der Waals surface area (Å²) in [6.45, 7) is 3.41. The lowest BCUT2D eigenvalue weighted by Gasteiger charge is -2.42. The fraction of sp³-hybridized carbons (Fsp3) is 0.500. The number of pyridine rings is 1. The second-order valence-electron chi connectivity index (χ2n) is 10.1. The molecule has 1 atom stereocenters. The summed E-state index contributed by atoms with van der Waals surface area (Å²) in [6.07, 6.45) is 11.0. The van der Waals surface area contributed by atoms with Gasteiger partial charge in [0.1, 0.15) is 11.5 Å². The highest BCUT2D eigenvalue weighted by Crippen LogP contribution is 2.50. The highest BCUT2D eigenvalue weighted by Gasteiger charge is 2.47. The minimum atomic E-state index is 0. The first-order valence-electron chi connectivity index (χ1n) is 12.3. The van der Waals surface area contributed by atoms with Crippen LogP contribution < -0.4 is 15.5 Å². The van der Waals surface area contributed by atoms with Gasteiger partial charge in [0, 0.05) is 50.2 Å². The molecule has 0 saturated carbocycles. The van der Waals surface area contributed by atoms with Crippen LogP contribution in [0.4, 0.5) is 11.5 Å². The van der Waals surface area contributed by atoms with Gasteiger partial charge in [-0.25, -0.2) is 9.97 Å². The number of hydrogen-bond donors (Lipinski definition) is 1. The molecule has 1 aliphatic carbocycles. The average molecular weight is 472 g/mol. The molecule has 4 aliphatic rings. The summed E-state index contributed by atoms with van der Waals surface area (Å²) in [7, 11) is 2.02. The standard InChI is InChI=1S/C25H29N9.CH4/c1-32-20-12-25(23(26)16(20)13-30-32)6-10-33(11-7-25)21-15-28-22-18(31-21)14-29-24(22)34-9-3-4-17-19(34)5-2-8-27-17;/h2,5,8,13,15,23H,3-4,6-7,9-12,14,26H2,1H3;1H4/t23-;/m1./s1. The second kappa shape index (κ2) is 8.12. The van der Waals surface area contributed by atoms with E-state index in [0.29, 0.717) is 6.54 Å². The van der Waals surface area contributed by atoms with E-state index in [1.807, 2.05) is 36.4 Å². The average Bonchev–Trinajstić information content (AvgIpc) is 3.53. The van der Waals surface area contributed by atoms with Crippen molar-refractivity contribution in [3.8, 4) is 0 Å². The number of anilines is 2. The molecule has 6 heterocycles. The molecule has 1 fully saturated rings. The van der Waals surface area contributed by atoms with Crippen LogP contribution in [0, 0.1) is 5.41 Å². The predicted molar refractivity (Wildman–Crippen MR) is 137 cm³/mol. The summed E-state index contributed by atoms with van der Waals surface area (Å²) in [4.78, 5) is 23.9. The SMILES string of the molecule is C.Cn1ncc2c1CC1(CCN(c3cnc4c(n3)CN=C4N3CCCc4ncccc43)CC1)[C@@H]2N. The van der Waals surface area contributed by atoms with Gasteiger partial charge < -0.3 is 15.5 Å². The van der Waals surface area contributed by atoms with Crippen LogP contribution >= 0.6 is 0 Å². The van der Waals surface area contributed by atoms with E-state index in [4.69, 9.17) is 20.7 Å². The number of nitrogens with two attached hydrogens (primary N) is 1. The van der Waals surface area contributed by atoms with Gasteiger partial charge in [-0.05, 0) is 49.7 Å². The van der Waals surface area contributed by atoms with Crippen LogP contribution in [-0.4, -0.2) is 50.2 Å². The lowest BCUT2D eigenvalue weighted by atomic mass is 9.73. The number of rotatable bonds is 1. The molecule has 1 spiro atoms. The first kappa shape index (κ1) is 22.2. The zero-order valence-corrected chi connectivity index (χ0v) is 19.5. The molecular weight excluding hydrogens is 438 g/mol. The van der Waals surface area contributed by atoms with Crippen molar-refractivity contribution < 1.29 is 0 Å². The first-order chi connectivity index (χ1) is 16.6. The molecular formula is C26H33N9. The summed E-state index contributed by atoms with van der Waals surface area (Å²) in [5, 5.41) is 4.40. The molecule has 1 saturated heterocycles. The molecule has 2 N–H and O–H groups in total. The molecule has 0 aromatic carbocycles. The third kappa shape index (κ3) is 3.28. The van der Waals surface area contributed by atoms with Crippen LogP contribution in [0.15, 0.2) is 35.7 Å². The fourth-order valence-corrected chi connectivity index (χ4v) is 6.32. The normalized spacial score (nSPS) is 21.9. The van der Waals surface area contributed by atoms with E-state index in [1.54, 1.807) is 0 Å². The van der Waals surface area contributed by atoms with Gasteiger partial charge in [0.15, 0.2) is 5.84 Å². The molecule has 3 aromatic heterocycles. The number of aliphatic imine (C=N–C) groups is 1. The molecule has 0 unspecified atom stereocenters. The van der Waals surface area contributed by atoms with Crippen molar-refractivity contribution in [1.29, 1.82) is 0 Å². The number of nitrogens with zero attached hydrogens (tertiary/aromatic N) is 8. The van der Waals surface area contributed by atoms with Gasteiger partial charge in [0.25, 0.3) is 0 Å². The van der Waals surface area contributed by atoms with E-state index >= 15 is 0 Å². The summed E-state index contributed by atoms with van der Waals surface area (Å²) in [5.41, 5.74) is 13.6. The minimum Gasteiger partial charge on any atom is -0.355 e. The van der Waals surface area contributed by atoms with Gasteiger partial charge in [-0.2, -0.15) is 5.10 Å². The molecule has 0 radical (unpaired) electrons. The Labute approximate surface area is 206 Å². The number of fused-ring (bicyclic) bond motifs is 3. The van der Waals surface area contributed by atoms with Gasteiger partial charge in [0.2, 0.25) is 0 Å². The zero-order chi connectivity index (χ0) is 22.9. The van der Waals surface area contributed by atoms with Crippen molar-refractivity contribution >= 4 is 17.3 Å². The predicted octanol–water partition coefficient (Wildman–Crippen LogP) is 2.80. The van der Waals surface area contributed by atoms with Crippen LogP contribution in [0.25, 0.3) is 0 Å². The van der Waals surface area contributed by atoms with E-state index in [1.165, 1.54) is 11.3 Å². The number of aromatic nitrogens is 5. The van der Waals surface area contributed by atoms with Crippen molar-refractivity contribution in [1.82, 2.24) is 24.7 Å². The fourth-order valence-electron chi connectivity index (χ4n) is 6.32. The first-order valence-corrected chi connectivity index (χ1v) is 12.3. The van der Waals surface area contributed by atoms with Gasteiger partial charge in [-0.3, -0.25) is 14.7 Å². The largest absolute Gasteiger partial charge is 0.355 e. The molecule has 3 aromatic rings. The van der Waals surface area contributed by atoms with Gasteiger partial charge in [-0.1, -0.05) is 7.43 Å². The maximum atomic E-state index is 6.72. The van der Waals surface area contributed by atoms with Crippen molar-refractivity contribution in [2.24, 2.45) is 23.2 Å². The summed E-state index contributed by atoms with van der Waals surface area (Å²) >= 11 is 0. The molecule has 0 bridgehead atoms. The summed E-state index contributed by atoms with van der Waals surface area (Å²) < 4.78 is 2.00. The Morgan fingerprint density at radius 2 is 1.94 bits per heavy atom. The third-order valence-corrected chi connectivity index (χ3v) is 8.32. The maximum Gasteiger partial charge on any atom is 0.156 e. The summed E-state index contributed by atoms with van der Waals surface area (Å²) in [5.74, 6) is 1.89. The van der Waals surface area contributed by atoms with Crippen LogP contribution in [0.5, 0.6) is 0 Å². The monoisotopic (exact) mass is 471 g/mol. The van der Waals surface area contributed by atoms with Crippen LogP contribution in [0.1, 0.15) is 61.1 Å². The molecule has 9 heteroatoms. The number of piperidine rings is 1. The molecule has 3 aliphatic heterocycles. The van der Waals surface area contributed by atoms with E-state index < -0.39 is 0 Å². The zero-order valence-electron chi connectivity index (χ0n) is 19.5. The Bertz CT molecular complexity index is 1300. The quantitative estimate of drug-likeness (QED) is 0.582. The van der Waals surface area contributed by atoms with Gasteiger partial charge >= 0.3 is 0 Å². The smallest absolute Gasteiger partial charge is 0.156 e. The van der Waals surface area contributed by atoms with Crippen molar-refractivity contribution in [2.45, 2.75) is 52.1 Å². The molecule has 9 nitrogen and oxygen atoms in total. The molecule has 182 valence electrons. The van der Waals surface area contributed by atoms with Gasteiger partial charge in [-0.15, -0.1) is 0 Å². The molecule has 7 rings (SSSR count). The Balaban J connectivity index is 0.00000229. The van der Waals surface area contributed by atoms with E-state index in [9.17, 15) is 0 Å².